The molecule has 0 fully saturated rings. The molecule has 52 heteroatoms. The van der Waals surface area contributed by atoms with Crippen LogP contribution in [0.2, 0.25) is 75.1 Å². The topological polar surface area (TPSA) is 141 Å². The molecule has 16 heterocycles. The molecule has 145 heavy (non-hydrogen) atoms. The Bertz CT molecular complexity index is 7650. The first-order valence-electron chi connectivity index (χ1n) is 41.0. The van der Waals surface area contributed by atoms with Crippen molar-refractivity contribution < 1.29 is 43.2 Å². The van der Waals surface area contributed by atoms with Crippen molar-refractivity contribution in [2.75, 3.05) is 60.0 Å². The zero-order chi connectivity index (χ0) is 107. The van der Waals surface area contributed by atoms with Gasteiger partial charge in [0.25, 0.3) is 5.91 Å². The minimum Gasteiger partial charge on any atom is -0.478 e. The molecule has 1 amide bonds. The number of hydrogen-bond acceptors (Lipinski definition) is 25. The summed E-state index contributed by atoms with van der Waals surface area (Å²) in [5.41, 5.74) is 6.34. The molecule has 0 spiro atoms. The quantitative estimate of drug-likeness (QED) is 0.0753. The number of carboxylic acid groups (broad SMARTS) is 1. The molecule has 0 aliphatic heterocycles. The number of nitrogens with zero attached hydrogens (tertiary/aromatic N) is 1. The fourth-order valence-electron chi connectivity index (χ4n) is 14.5. The number of nitrogens with one attached hydrogen (secondary N) is 1. The summed E-state index contributed by atoms with van der Waals surface area (Å²) < 4.78 is 36.2. The van der Waals surface area contributed by atoms with E-state index in [9.17, 15) is 19.2 Å². The van der Waals surface area contributed by atoms with Crippen molar-refractivity contribution in [3.05, 3.63) is 225 Å². The number of carboxylic acids is 1. The molecule has 16 aromatic heterocycles. The standard InChI is InChI=1S/C19H9Cl2S4.C18H6Br2Cl2S4.C12H6Br2Cl2O2S2.C12H8Cl2O2S2.C10H2Cl2O2S2.C9H12ClNOS.C5H3ClO2S.C4H11N.CH2Cl2.3CH3.BBr3.Br2.Sn/c1-9-17(21)16-15(12-5-3-7-23-12)18-13(10(20)8-24-18)14(19(16)25-9)11-4-2-6-22-11;19-17-13(21)11-9(7-3-1-5-23-7)15-12(14(22)18(20)25-15)10(16(11)26-17)8-4-2-6-24-8;1-17-7-3-5(15)11(13)20-10(3)8(18-2)4-6(16)12(14)19-9(4)7;1-15-9-7-5(13)3-18-12(7)10(16-2)8-6(14)4-17-11(8)9;11-3-1-15-9-5(3)7(13)10-6(8(9)14)4(12)2-16-10;1-3-11(4-2)9(12)7-5-13-6-8(7)10;6-4-2-9-1-3(4)5(7)8;1-3-5-4-2;2-1-3;;;;2-1(3)4;1-2;/h2-7H,1H3;1-6H;1-2H3;3-4H,1-2H3;1-2H;5-6H,3-4H2,1-2H3;1-2H,(H,7,8);5H,3-4H2,1-2H3;1H2;3*1H3;;;. The molecule has 768 valence electrons. The maximum Gasteiger partial charge on any atom is 0.338 e. The third kappa shape index (κ3) is 28.0. The minimum atomic E-state index is -2.40. The van der Waals surface area contributed by atoms with Crippen LogP contribution in [0.3, 0.4) is 0 Å². The van der Waals surface area contributed by atoms with Gasteiger partial charge >= 0.3 is 212 Å². The number of amides is 1. The summed E-state index contributed by atoms with van der Waals surface area (Å²) in [6.07, 6.45) is 0. The summed E-state index contributed by atoms with van der Waals surface area (Å²) in [5, 5.41) is 49.5. The van der Waals surface area contributed by atoms with E-state index < -0.39 is 24.3 Å². The van der Waals surface area contributed by atoms with Gasteiger partial charge in [0, 0.05) is 125 Å². The second kappa shape index (κ2) is 58.2. The van der Waals surface area contributed by atoms with Gasteiger partial charge in [-0.2, -0.15) is 0 Å². The van der Waals surface area contributed by atoms with Gasteiger partial charge in [-0.15, -0.1) is 207 Å². The summed E-state index contributed by atoms with van der Waals surface area (Å²) in [4.78, 5) is 62.1. The van der Waals surface area contributed by atoms with Gasteiger partial charge < -0.3 is 34.3 Å². The monoisotopic (exact) mass is 3200 g/mol. The number of ketones is 2. The number of benzene rings is 4. The van der Waals surface area contributed by atoms with E-state index in [1.807, 2.05) is 35.9 Å². The van der Waals surface area contributed by atoms with Crippen molar-refractivity contribution in [1.82, 2.24) is 10.2 Å². The van der Waals surface area contributed by atoms with Crippen LogP contribution in [0.25, 0.3) is 122 Å². The number of hydrogen-bond donors (Lipinski definition) is 2. The van der Waals surface area contributed by atoms with E-state index in [2.05, 4.69) is 250 Å². The number of ether oxygens (including phenoxy) is 4. The Morgan fingerprint density at radius 3 is 0.986 bits per heavy atom. The van der Waals surface area contributed by atoms with Crippen LogP contribution in [0.1, 0.15) is 83.8 Å². The predicted molar refractivity (Wildman–Crippen MR) is 696 cm³/mol. The second-order valence-corrected chi connectivity index (χ2v) is 77.3. The van der Waals surface area contributed by atoms with E-state index in [0.717, 1.165) is 136 Å². The summed E-state index contributed by atoms with van der Waals surface area (Å²) in [5.74, 6) is 1.63. The number of alkyl halides is 2. The minimum absolute atomic E-state index is 0.0243. The van der Waals surface area contributed by atoms with Crippen molar-refractivity contribution in [2.45, 2.75) is 49.4 Å². The van der Waals surface area contributed by atoms with E-state index >= 15 is 0 Å². The van der Waals surface area contributed by atoms with Crippen LogP contribution >= 0.6 is 483 Å². The van der Waals surface area contributed by atoms with Crippen molar-refractivity contribution >= 4 is 612 Å². The largest absolute Gasteiger partial charge is 0.478 e. The number of halogens is 23. The van der Waals surface area contributed by atoms with Crippen molar-refractivity contribution in [3.8, 4) is 64.8 Å². The van der Waals surface area contributed by atoms with Gasteiger partial charge in [-0.1, -0.05) is 142 Å². The van der Waals surface area contributed by atoms with E-state index in [0.29, 0.717) is 66.6 Å². The SMILES string of the molecule is BrB(Br)Br.BrBr.CCN(CC)C(=O)c1cscc1Cl.CCNCC.COc1c2sc(Br)c(Cl)c2c(OC)c2sc(Br)c(Cl)c12.COc1c2scc(Cl)c2c(OC)c2scc(Cl)c12.Cc1sc2c(-c3cccs3)c3c(Cl)[c]([Sn]([CH3])([CH3])[CH3])sc3c(-c3cccs3)c2c1Cl.ClCCl.Clc1c(Br)sc2c(-c3cccs3)c3c(Cl)c(Br)sc3c(-c3cccs3)c12.O=C(O)c1cscc1Cl.O=C1c2scc(Cl)c2C(=O)c2scc(Cl)c21. The number of aromatic carboxylic acids is 1. The smallest absolute Gasteiger partial charge is 0.338 e. The molecule has 21 rings (SSSR count). The van der Waals surface area contributed by atoms with E-state index in [1.54, 1.807) is 140 Å². The number of thiophene rings is 16. The first-order valence-corrected chi connectivity index (χ1v) is 80.1. The summed E-state index contributed by atoms with van der Waals surface area (Å²) in [6.45, 7) is 13.9. The summed E-state index contributed by atoms with van der Waals surface area (Å²) in [7, 11) is 6.54. The maximum absolute atomic E-state index is 12.1. The van der Waals surface area contributed by atoms with E-state index in [-0.39, 0.29) is 31.6 Å². The maximum atomic E-state index is 12.1. The van der Waals surface area contributed by atoms with Crippen LogP contribution in [-0.2, 0) is 0 Å². The van der Waals surface area contributed by atoms with Gasteiger partial charge in [-0.3, -0.25) is 14.4 Å². The molecule has 4 aromatic carbocycles. The molecule has 20 aromatic rings. The molecule has 0 saturated carbocycles. The van der Waals surface area contributed by atoms with Gasteiger partial charge in [0.05, 0.1) is 172 Å². The van der Waals surface area contributed by atoms with E-state index in [1.165, 1.54) is 175 Å². The van der Waals surface area contributed by atoms with Crippen LogP contribution in [0.15, 0.2) is 128 Å². The molecule has 1 aliphatic rings. The molecule has 1 aliphatic carbocycles. The average Bonchev–Trinajstić information content (AvgIpc) is 1.55. The number of rotatable bonds is 15. The molecular formula is C93H68BBr9Cl14N2O9S16Sn. The molecule has 11 nitrogen and oxygen atoms in total. The first kappa shape index (κ1) is 126. The third-order valence-corrected chi connectivity index (χ3v) is 55.6. The molecule has 0 bridgehead atoms. The Kier molecular flexibility index (Phi) is 50.6. The summed E-state index contributed by atoms with van der Waals surface area (Å²) >= 11 is 137. The molecule has 0 radical (unpaired) electrons. The Morgan fingerprint density at radius 1 is 0.393 bits per heavy atom. The molecule has 0 atom stereocenters. The van der Waals surface area contributed by atoms with Crippen LogP contribution in [0, 0.1) is 6.92 Å². The molecule has 2 N–H and O–H groups in total. The average molecular weight is 3220 g/mol. The zero-order valence-electron chi connectivity index (χ0n) is 76.0. The Balaban J connectivity index is 0.000000161. The van der Waals surface area contributed by atoms with E-state index in [4.69, 9.17) is 186 Å². The van der Waals surface area contributed by atoms with Gasteiger partial charge in [-0.05, 0) is 114 Å². The number of carbonyl (C=O) groups is 4. The Labute approximate surface area is 1050 Å². The summed E-state index contributed by atoms with van der Waals surface area (Å²) in [6, 6.07) is 17.1. The first-order chi connectivity index (χ1) is 69.1. The zero-order valence-corrected chi connectivity index (χ0v) is 117. The number of methoxy groups -OCH3 is 4. The fourth-order valence-corrected chi connectivity index (χ4v) is 43.9. The van der Waals surface area contributed by atoms with Crippen LogP contribution < -0.4 is 27.2 Å². The van der Waals surface area contributed by atoms with Crippen molar-refractivity contribution in [1.29, 1.82) is 0 Å². The number of fused-ring (bicyclic) bond motifs is 10. The van der Waals surface area contributed by atoms with Gasteiger partial charge in [0.15, 0.2) is 0 Å². The van der Waals surface area contributed by atoms with Crippen LogP contribution in [0.5, 0.6) is 23.0 Å². The second-order valence-electron chi connectivity index (χ2n) is 29.7. The third-order valence-electron chi connectivity index (χ3n) is 20.4. The Morgan fingerprint density at radius 2 is 0.697 bits per heavy atom. The fraction of sp³-hybridized carbons (Fsp3) is 0.183. The van der Waals surface area contributed by atoms with Crippen LogP contribution in [0.4, 0.5) is 0 Å². The number of carbonyl (C=O) groups excluding carboxylic acids is 3. The Hall–Kier alpha value is 0.844. The molecular weight excluding hydrogens is 3150 g/mol. The normalized spacial score (nSPS) is 11.3. The van der Waals surface area contributed by atoms with Gasteiger partial charge in [0.1, 0.15) is 23.0 Å². The van der Waals surface area contributed by atoms with Crippen molar-refractivity contribution in [3.63, 3.8) is 0 Å². The van der Waals surface area contributed by atoms with Crippen molar-refractivity contribution in [2.24, 2.45) is 0 Å². The van der Waals surface area contributed by atoms with Crippen LogP contribution in [-0.4, -0.2) is 115 Å². The van der Waals surface area contributed by atoms with Gasteiger partial charge in [-0.25, -0.2) is 4.79 Å². The van der Waals surface area contributed by atoms with Gasteiger partial charge in [0.2, 0.25) is 11.6 Å². The molecule has 0 unspecified atom stereocenters. The predicted octanol–water partition coefficient (Wildman–Crippen LogP) is 47.3. The number of aryl methyl sites for hydroxylation is 1. The molecule has 0 saturated heterocycles.